The van der Waals surface area contributed by atoms with E-state index in [1.807, 2.05) is 0 Å². The number of alkyl halides is 5. The molecule has 19 heavy (non-hydrogen) atoms. The van der Waals surface area contributed by atoms with Crippen molar-refractivity contribution in [1.29, 1.82) is 0 Å². The minimum absolute atomic E-state index is 0.0856. The van der Waals surface area contributed by atoms with Crippen LogP contribution in [0.4, 0.5) is 22.0 Å². The molecule has 0 spiro atoms. The number of carbonyl (C=O) groups is 1. The van der Waals surface area contributed by atoms with Crippen LogP contribution in [0.2, 0.25) is 0 Å². The van der Waals surface area contributed by atoms with Gasteiger partial charge in [0.25, 0.3) is 0 Å². The minimum Gasteiger partial charge on any atom is -0.466 e. The molecule has 108 valence electrons. The Kier molecular flexibility index (Phi) is 4.16. The maximum atomic E-state index is 13.0. The van der Waals surface area contributed by atoms with Crippen LogP contribution in [0.25, 0.3) is 0 Å². The Bertz CT molecular complexity index is 467. The van der Waals surface area contributed by atoms with E-state index in [0.717, 1.165) is 4.68 Å². The molecule has 0 aliphatic carbocycles. The molecule has 1 heterocycles. The first kappa shape index (κ1) is 15.4. The molecule has 0 bridgehead atoms. The molecule has 0 aliphatic rings. The first-order valence-corrected chi connectivity index (χ1v) is 5.23. The van der Waals surface area contributed by atoms with E-state index < -0.39 is 30.2 Å². The van der Waals surface area contributed by atoms with Gasteiger partial charge in [0, 0.05) is 12.7 Å². The normalized spacial score (nSPS) is 12.6. The second-order valence-corrected chi connectivity index (χ2v) is 3.70. The average molecular weight is 286 g/mol. The van der Waals surface area contributed by atoms with Gasteiger partial charge >= 0.3 is 18.1 Å². The highest BCUT2D eigenvalue weighted by atomic mass is 19.4. The van der Waals surface area contributed by atoms with E-state index in [1.54, 1.807) is 6.92 Å². The van der Waals surface area contributed by atoms with Crippen LogP contribution in [-0.2, 0) is 28.9 Å². The minimum atomic E-state index is -5.73. The van der Waals surface area contributed by atoms with Crippen molar-refractivity contribution >= 4 is 5.97 Å². The molecule has 1 aromatic rings. The molecule has 4 nitrogen and oxygen atoms in total. The second kappa shape index (κ2) is 5.14. The van der Waals surface area contributed by atoms with Crippen molar-refractivity contribution < 1.29 is 31.5 Å². The molecule has 0 radical (unpaired) electrons. The number of aryl methyl sites for hydroxylation is 1. The molecule has 0 aromatic carbocycles. The van der Waals surface area contributed by atoms with Crippen LogP contribution in [0, 0.1) is 0 Å². The van der Waals surface area contributed by atoms with Crippen LogP contribution in [0.15, 0.2) is 6.07 Å². The summed E-state index contributed by atoms with van der Waals surface area (Å²) in [6.07, 6.45) is -6.16. The van der Waals surface area contributed by atoms with Gasteiger partial charge in [-0.25, -0.2) is 0 Å². The van der Waals surface area contributed by atoms with Gasteiger partial charge in [0.1, 0.15) is 5.69 Å². The van der Waals surface area contributed by atoms with Crippen LogP contribution >= 0.6 is 0 Å². The van der Waals surface area contributed by atoms with Gasteiger partial charge in [-0.2, -0.15) is 27.1 Å². The molecule has 0 saturated heterocycles. The Balaban J connectivity index is 3.00. The SMILES string of the molecule is CCOC(=O)Cc1cc(C(F)(F)C(F)(F)F)nn1C. The highest BCUT2D eigenvalue weighted by molar-refractivity contribution is 5.72. The molecule has 0 N–H and O–H groups in total. The maximum Gasteiger partial charge on any atom is 0.459 e. The van der Waals surface area contributed by atoms with Crippen LogP contribution < -0.4 is 0 Å². The standard InChI is InChI=1S/C10H11F5N2O2/c1-3-19-8(18)5-6-4-7(16-17(6)2)9(11,12)10(13,14)15/h4H,3,5H2,1-2H3. The lowest BCUT2D eigenvalue weighted by atomic mass is 10.2. The summed E-state index contributed by atoms with van der Waals surface area (Å²) in [6.45, 7) is 1.63. The summed E-state index contributed by atoms with van der Waals surface area (Å²) in [5, 5.41) is 3.10. The van der Waals surface area contributed by atoms with Gasteiger partial charge in [-0.3, -0.25) is 9.48 Å². The van der Waals surface area contributed by atoms with Crippen molar-refractivity contribution in [2.45, 2.75) is 25.4 Å². The fraction of sp³-hybridized carbons (Fsp3) is 0.600. The zero-order valence-electron chi connectivity index (χ0n) is 10.1. The molecule has 0 unspecified atom stereocenters. The zero-order valence-corrected chi connectivity index (χ0v) is 10.1. The number of ether oxygens (including phenoxy) is 1. The fourth-order valence-corrected chi connectivity index (χ4v) is 1.33. The Morgan fingerprint density at radius 1 is 1.37 bits per heavy atom. The molecule has 0 saturated carbocycles. The first-order valence-electron chi connectivity index (χ1n) is 5.23. The molecule has 1 rings (SSSR count). The number of nitrogens with zero attached hydrogens (tertiary/aromatic N) is 2. The highest BCUT2D eigenvalue weighted by Crippen LogP contribution is 2.43. The third-order valence-electron chi connectivity index (χ3n) is 2.29. The van der Waals surface area contributed by atoms with Gasteiger partial charge in [-0.15, -0.1) is 0 Å². The fourth-order valence-electron chi connectivity index (χ4n) is 1.33. The van der Waals surface area contributed by atoms with Gasteiger partial charge < -0.3 is 4.74 Å². The second-order valence-electron chi connectivity index (χ2n) is 3.70. The molecule has 0 aliphatic heterocycles. The van der Waals surface area contributed by atoms with Crippen molar-refractivity contribution in [1.82, 2.24) is 9.78 Å². The van der Waals surface area contributed by atoms with E-state index in [0.29, 0.717) is 6.07 Å². The summed E-state index contributed by atoms with van der Waals surface area (Å²) >= 11 is 0. The third kappa shape index (κ3) is 3.21. The number of aromatic nitrogens is 2. The summed E-state index contributed by atoms with van der Waals surface area (Å²) in [6, 6.07) is 0.546. The van der Waals surface area contributed by atoms with Crippen LogP contribution in [0.1, 0.15) is 18.3 Å². The van der Waals surface area contributed by atoms with Gasteiger partial charge in [0.2, 0.25) is 0 Å². The summed E-state index contributed by atoms with van der Waals surface area (Å²) in [7, 11) is 1.17. The van der Waals surface area contributed by atoms with Crippen LogP contribution in [-0.4, -0.2) is 28.5 Å². The van der Waals surface area contributed by atoms with E-state index in [1.165, 1.54) is 7.05 Å². The van der Waals surface area contributed by atoms with Crippen molar-refractivity contribution in [3.63, 3.8) is 0 Å². The van der Waals surface area contributed by atoms with E-state index in [-0.39, 0.29) is 12.3 Å². The molecule has 0 fully saturated rings. The number of hydrogen-bond donors (Lipinski definition) is 0. The number of rotatable bonds is 4. The summed E-state index contributed by atoms with van der Waals surface area (Å²) in [5.74, 6) is -5.79. The predicted molar refractivity (Wildman–Crippen MR) is 53.5 cm³/mol. The van der Waals surface area contributed by atoms with E-state index >= 15 is 0 Å². The third-order valence-corrected chi connectivity index (χ3v) is 2.29. The zero-order chi connectivity index (χ0) is 14.8. The number of carbonyl (C=O) groups excluding carboxylic acids is 1. The Labute approximate surface area is 105 Å². The Morgan fingerprint density at radius 2 is 1.95 bits per heavy atom. The molecular weight excluding hydrogens is 275 g/mol. The first-order chi connectivity index (χ1) is 8.59. The lowest BCUT2D eigenvalue weighted by Gasteiger charge is -2.16. The molecule has 1 aromatic heterocycles. The Hall–Kier alpha value is -1.67. The molecule has 9 heteroatoms. The summed E-state index contributed by atoms with van der Waals surface area (Å²) in [4.78, 5) is 11.1. The number of halogens is 5. The van der Waals surface area contributed by atoms with E-state index in [2.05, 4.69) is 9.84 Å². The van der Waals surface area contributed by atoms with Crippen LogP contribution in [0.5, 0.6) is 0 Å². The number of esters is 1. The van der Waals surface area contributed by atoms with Crippen LogP contribution in [0.3, 0.4) is 0 Å². The lowest BCUT2D eigenvalue weighted by molar-refractivity contribution is -0.291. The monoisotopic (exact) mass is 286 g/mol. The van der Waals surface area contributed by atoms with Gasteiger partial charge in [-0.05, 0) is 13.0 Å². The van der Waals surface area contributed by atoms with E-state index in [9.17, 15) is 26.7 Å². The average Bonchev–Trinajstić information content (AvgIpc) is 2.59. The van der Waals surface area contributed by atoms with Crippen molar-refractivity contribution in [2.24, 2.45) is 7.05 Å². The summed E-state index contributed by atoms with van der Waals surface area (Å²) in [5.41, 5.74) is -1.53. The lowest BCUT2D eigenvalue weighted by Crippen LogP contribution is -2.34. The maximum absolute atomic E-state index is 13.0. The topological polar surface area (TPSA) is 44.1 Å². The highest BCUT2D eigenvalue weighted by Gasteiger charge is 2.60. The largest absolute Gasteiger partial charge is 0.466 e. The molecule has 0 atom stereocenters. The predicted octanol–water partition coefficient (Wildman–Crippen LogP) is 2.18. The summed E-state index contributed by atoms with van der Waals surface area (Å²) < 4.78 is 67.9. The molecular formula is C10H11F5N2O2. The van der Waals surface area contributed by atoms with Crippen molar-refractivity contribution in [3.8, 4) is 0 Å². The van der Waals surface area contributed by atoms with Crippen molar-refractivity contribution in [2.75, 3.05) is 6.61 Å². The quantitative estimate of drug-likeness (QED) is 0.629. The van der Waals surface area contributed by atoms with Gasteiger partial charge in [0.05, 0.1) is 13.0 Å². The van der Waals surface area contributed by atoms with Crippen molar-refractivity contribution in [3.05, 3.63) is 17.5 Å². The van der Waals surface area contributed by atoms with Gasteiger partial charge in [0.15, 0.2) is 0 Å². The van der Waals surface area contributed by atoms with E-state index in [4.69, 9.17) is 0 Å². The van der Waals surface area contributed by atoms with Gasteiger partial charge in [-0.1, -0.05) is 0 Å². The molecule has 0 amide bonds. The smallest absolute Gasteiger partial charge is 0.459 e. The Morgan fingerprint density at radius 3 is 2.42 bits per heavy atom. The number of hydrogen-bond acceptors (Lipinski definition) is 3.